The van der Waals surface area contributed by atoms with Gasteiger partial charge in [0.2, 0.25) is 0 Å². The fourth-order valence-corrected chi connectivity index (χ4v) is 2.99. The maximum Gasteiger partial charge on any atom is 0.152 e. The van der Waals surface area contributed by atoms with Crippen LogP contribution in [0, 0.1) is 0 Å². The standard InChI is InChI=1S/C12H19N3O3/c16-8-11-13-9-14-15(11)10-1-4-18-12(7-10)2-5-17-6-3-12/h9-10,16H,1-8H2. The summed E-state index contributed by atoms with van der Waals surface area (Å²) in [5.41, 5.74) is -0.0557. The fourth-order valence-electron chi connectivity index (χ4n) is 2.99. The number of nitrogens with zero attached hydrogens (tertiary/aromatic N) is 3. The van der Waals surface area contributed by atoms with E-state index in [1.807, 2.05) is 4.68 Å². The molecule has 2 saturated heterocycles. The van der Waals surface area contributed by atoms with Crippen LogP contribution in [0.1, 0.15) is 37.5 Å². The molecule has 0 bridgehead atoms. The van der Waals surface area contributed by atoms with Crippen molar-refractivity contribution in [2.45, 2.75) is 43.9 Å². The first-order valence-electron chi connectivity index (χ1n) is 6.54. The zero-order valence-electron chi connectivity index (χ0n) is 10.4. The number of hydrogen-bond acceptors (Lipinski definition) is 5. The normalized spacial score (nSPS) is 27.5. The van der Waals surface area contributed by atoms with Gasteiger partial charge >= 0.3 is 0 Å². The molecule has 1 atom stereocenters. The third-order valence-electron chi connectivity index (χ3n) is 4.01. The fraction of sp³-hybridized carbons (Fsp3) is 0.833. The molecule has 1 N–H and O–H groups in total. The Morgan fingerprint density at radius 1 is 1.39 bits per heavy atom. The van der Waals surface area contributed by atoms with Gasteiger partial charge in [0.05, 0.1) is 11.6 Å². The summed E-state index contributed by atoms with van der Waals surface area (Å²) >= 11 is 0. The van der Waals surface area contributed by atoms with E-state index in [2.05, 4.69) is 10.1 Å². The van der Waals surface area contributed by atoms with Crippen molar-refractivity contribution in [2.75, 3.05) is 19.8 Å². The van der Waals surface area contributed by atoms with E-state index in [-0.39, 0.29) is 18.2 Å². The van der Waals surface area contributed by atoms with E-state index in [1.165, 1.54) is 6.33 Å². The van der Waals surface area contributed by atoms with Crippen LogP contribution in [0.25, 0.3) is 0 Å². The minimum absolute atomic E-state index is 0.0557. The van der Waals surface area contributed by atoms with Gasteiger partial charge in [-0.1, -0.05) is 0 Å². The summed E-state index contributed by atoms with van der Waals surface area (Å²) < 4.78 is 13.3. The minimum atomic E-state index is -0.0620. The predicted molar refractivity (Wildman–Crippen MR) is 63.0 cm³/mol. The first-order chi connectivity index (χ1) is 8.83. The maximum absolute atomic E-state index is 9.27. The Bertz CT molecular complexity index is 396. The van der Waals surface area contributed by atoms with Gasteiger partial charge in [-0.25, -0.2) is 9.67 Å². The van der Waals surface area contributed by atoms with Crippen molar-refractivity contribution in [3.63, 3.8) is 0 Å². The van der Waals surface area contributed by atoms with Crippen LogP contribution in [0.4, 0.5) is 0 Å². The van der Waals surface area contributed by atoms with Crippen molar-refractivity contribution in [1.29, 1.82) is 0 Å². The molecule has 2 fully saturated rings. The van der Waals surface area contributed by atoms with Crippen LogP contribution in [-0.2, 0) is 16.1 Å². The van der Waals surface area contributed by atoms with E-state index in [0.717, 1.165) is 45.5 Å². The second kappa shape index (κ2) is 4.95. The number of aliphatic hydroxyl groups is 1. The first kappa shape index (κ1) is 12.1. The maximum atomic E-state index is 9.27. The summed E-state index contributed by atoms with van der Waals surface area (Å²) in [5, 5.41) is 13.5. The Morgan fingerprint density at radius 3 is 3.00 bits per heavy atom. The number of hydrogen-bond donors (Lipinski definition) is 1. The topological polar surface area (TPSA) is 69.4 Å². The van der Waals surface area contributed by atoms with Crippen molar-refractivity contribution in [2.24, 2.45) is 0 Å². The molecular formula is C12H19N3O3. The minimum Gasteiger partial charge on any atom is -0.388 e. The molecule has 18 heavy (non-hydrogen) atoms. The van der Waals surface area contributed by atoms with Crippen LogP contribution < -0.4 is 0 Å². The molecule has 100 valence electrons. The Kier molecular flexibility index (Phi) is 3.32. The van der Waals surface area contributed by atoms with Crippen molar-refractivity contribution in [3.05, 3.63) is 12.2 Å². The molecule has 1 spiro atoms. The Labute approximate surface area is 106 Å². The molecule has 1 aromatic heterocycles. The smallest absolute Gasteiger partial charge is 0.152 e. The van der Waals surface area contributed by atoms with Crippen LogP contribution in [0.3, 0.4) is 0 Å². The van der Waals surface area contributed by atoms with Crippen LogP contribution in [0.15, 0.2) is 6.33 Å². The third kappa shape index (κ3) is 2.15. The lowest BCUT2D eigenvalue weighted by molar-refractivity contribution is -0.145. The van der Waals surface area contributed by atoms with Gasteiger partial charge in [0.15, 0.2) is 5.82 Å². The molecule has 6 heteroatoms. The highest BCUT2D eigenvalue weighted by Gasteiger charge is 2.40. The summed E-state index contributed by atoms with van der Waals surface area (Å²) in [4.78, 5) is 4.08. The molecule has 0 saturated carbocycles. The number of aliphatic hydroxyl groups excluding tert-OH is 1. The summed E-state index contributed by atoms with van der Waals surface area (Å²) in [6, 6.07) is 0.279. The Morgan fingerprint density at radius 2 is 2.22 bits per heavy atom. The van der Waals surface area contributed by atoms with Crippen molar-refractivity contribution >= 4 is 0 Å². The lowest BCUT2D eigenvalue weighted by atomic mass is 9.84. The third-order valence-corrected chi connectivity index (χ3v) is 4.01. The van der Waals surface area contributed by atoms with Crippen molar-refractivity contribution in [3.8, 4) is 0 Å². The van der Waals surface area contributed by atoms with E-state index in [0.29, 0.717) is 5.82 Å². The molecule has 2 aliphatic heterocycles. The van der Waals surface area contributed by atoms with E-state index >= 15 is 0 Å². The summed E-state index contributed by atoms with van der Waals surface area (Å²) in [5.74, 6) is 0.643. The molecule has 2 aliphatic rings. The largest absolute Gasteiger partial charge is 0.388 e. The zero-order valence-corrected chi connectivity index (χ0v) is 10.4. The Balaban J connectivity index is 1.77. The van der Waals surface area contributed by atoms with Gasteiger partial charge in [-0.3, -0.25) is 0 Å². The second-order valence-corrected chi connectivity index (χ2v) is 5.07. The van der Waals surface area contributed by atoms with Crippen molar-refractivity contribution < 1.29 is 14.6 Å². The number of rotatable bonds is 2. The van der Waals surface area contributed by atoms with Gasteiger partial charge in [-0.15, -0.1) is 0 Å². The van der Waals surface area contributed by atoms with Gasteiger partial charge in [-0.2, -0.15) is 5.10 Å². The molecule has 1 unspecified atom stereocenters. The molecule has 3 heterocycles. The molecule has 3 rings (SSSR count). The molecule has 0 aliphatic carbocycles. The number of aromatic nitrogens is 3. The molecule has 0 aromatic carbocycles. The molecule has 1 aromatic rings. The van der Waals surface area contributed by atoms with Crippen LogP contribution in [0.2, 0.25) is 0 Å². The van der Waals surface area contributed by atoms with Gasteiger partial charge in [-0.05, 0) is 25.7 Å². The Hall–Kier alpha value is -0.980. The van der Waals surface area contributed by atoms with Crippen molar-refractivity contribution in [1.82, 2.24) is 14.8 Å². The molecule has 0 radical (unpaired) electrons. The van der Waals surface area contributed by atoms with E-state index in [1.54, 1.807) is 0 Å². The monoisotopic (exact) mass is 253 g/mol. The van der Waals surface area contributed by atoms with E-state index in [9.17, 15) is 5.11 Å². The highest BCUT2D eigenvalue weighted by molar-refractivity contribution is 4.94. The molecular weight excluding hydrogens is 234 g/mol. The summed E-state index contributed by atoms with van der Waals surface area (Å²) in [6.45, 7) is 2.23. The average molecular weight is 253 g/mol. The van der Waals surface area contributed by atoms with E-state index in [4.69, 9.17) is 9.47 Å². The summed E-state index contributed by atoms with van der Waals surface area (Å²) in [7, 11) is 0. The second-order valence-electron chi connectivity index (χ2n) is 5.07. The predicted octanol–water partition coefficient (Wildman–Crippen LogP) is 0.671. The van der Waals surface area contributed by atoms with Gasteiger partial charge in [0.1, 0.15) is 12.9 Å². The van der Waals surface area contributed by atoms with Gasteiger partial charge in [0.25, 0.3) is 0 Å². The summed E-state index contributed by atoms with van der Waals surface area (Å²) in [6.07, 6.45) is 5.28. The number of ether oxygens (including phenoxy) is 2. The molecule has 6 nitrogen and oxygen atoms in total. The van der Waals surface area contributed by atoms with Gasteiger partial charge < -0.3 is 14.6 Å². The zero-order chi connectivity index (χ0) is 12.4. The first-order valence-corrected chi connectivity index (χ1v) is 6.54. The average Bonchev–Trinajstić information content (AvgIpc) is 2.88. The molecule has 0 amide bonds. The highest BCUT2D eigenvalue weighted by atomic mass is 16.5. The quantitative estimate of drug-likeness (QED) is 0.839. The van der Waals surface area contributed by atoms with Gasteiger partial charge in [0, 0.05) is 19.8 Å². The van der Waals surface area contributed by atoms with Crippen LogP contribution in [0.5, 0.6) is 0 Å². The lowest BCUT2D eigenvalue weighted by Crippen LogP contribution is -2.45. The SMILES string of the molecule is OCc1ncnn1C1CCOC2(CCOCC2)C1. The van der Waals surface area contributed by atoms with Crippen LogP contribution >= 0.6 is 0 Å². The van der Waals surface area contributed by atoms with E-state index < -0.39 is 0 Å². The lowest BCUT2D eigenvalue weighted by Gasteiger charge is -2.43. The van der Waals surface area contributed by atoms with Crippen LogP contribution in [-0.4, -0.2) is 45.3 Å². The highest BCUT2D eigenvalue weighted by Crippen LogP contribution is 2.39.